The second-order valence-electron chi connectivity index (χ2n) is 8.00. The molecule has 132 valence electrons. The van der Waals surface area contributed by atoms with Crippen LogP contribution in [-0.4, -0.2) is 36.2 Å². The monoisotopic (exact) mass is 329 g/mol. The first-order valence-electron chi connectivity index (χ1n) is 9.91. The number of aliphatic hydroxyl groups excluding tert-OH is 1. The van der Waals surface area contributed by atoms with Crippen LogP contribution in [0.3, 0.4) is 0 Å². The van der Waals surface area contributed by atoms with Crippen LogP contribution in [0.1, 0.15) is 68.6 Å². The molecular formula is C21H31NO2. The molecule has 0 amide bonds. The summed E-state index contributed by atoms with van der Waals surface area (Å²) in [6, 6.07) is 8.69. The quantitative estimate of drug-likeness (QED) is 0.906. The Bertz CT molecular complexity index is 545. The van der Waals surface area contributed by atoms with Crippen molar-refractivity contribution in [3.05, 3.63) is 35.4 Å². The topological polar surface area (TPSA) is 32.7 Å². The number of ether oxygens (including phenoxy) is 1. The van der Waals surface area contributed by atoms with Crippen molar-refractivity contribution in [2.75, 3.05) is 26.2 Å². The average Bonchev–Trinajstić information content (AvgIpc) is 2.93. The Balaban J connectivity index is 1.42. The van der Waals surface area contributed by atoms with E-state index in [9.17, 15) is 5.11 Å². The van der Waals surface area contributed by atoms with E-state index in [1.807, 2.05) is 0 Å². The maximum atomic E-state index is 9.38. The molecule has 1 aromatic rings. The van der Waals surface area contributed by atoms with E-state index >= 15 is 0 Å². The minimum Gasteiger partial charge on any atom is -0.396 e. The highest BCUT2D eigenvalue weighted by Gasteiger charge is 2.46. The number of nitrogens with zero attached hydrogens (tertiary/aromatic N) is 1. The van der Waals surface area contributed by atoms with Gasteiger partial charge in [-0.15, -0.1) is 0 Å². The number of rotatable bonds is 4. The van der Waals surface area contributed by atoms with Crippen molar-refractivity contribution in [1.82, 2.24) is 4.90 Å². The van der Waals surface area contributed by atoms with E-state index in [-0.39, 0.29) is 18.3 Å². The summed E-state index contributed by atoms with van der Waals surface area (Å²) in [5.41, 5.74) is 2.60. The molecular weight excluding hydrogens is 298 g/mol. The van der Waals surface area contributed by atoms with Gasteiger partial charge in [0.2, 0.25) is 0 Å². The molecule has 0 radical (unpaired) electrons. The second-order valence-corrected chi connectivity index (χ2v) is 8.00. The van der Waals surface area contributed by atoms with Crippen LogP contribution in [0.4, 0.5) is 0 Å². The molecule has 1 unspecified atom stereocenters. The van der Waals surface area contributed by atoms with Gasteiger partial charge in [0, 0.05) is 32.7 Å². The van der Waals surface area contributed by atoms with Crippen molar-refractivity contribution >= 4 is 0 Å². The van der Waals surface area contributed by atoms with Gasteiger partial charge in [0.25, 0.3) is 0 Å². The summed E-state index contributed by atoms with van der Waals surface area (Å²) in [4.78, 5) is 2.67. The van der Waals surface area contributed by atoms with Crippen LogP contribution in [0.2, 0.25) is 0 Å². The summed E-state index contributed by atoms with van der Waals surface area (Å²) in [7, 11) is 0. The normalized spacial score (nSPS) is 27.5. The zero-order valence-electron chi connectivity index (χ0n) is 14.8. The molecule has 1 N–H and O–H groups in total. The highest BCUT2D eigenvalue weighted by Crippen LogP contribution is 2.50. The minimum atomic E-state index is -0.0977. The lowest BCUT2D eigenvalue weighted by Gasteiger charge is -2.41. The molecule has 3 heteroatoms. The standard InChI is InChI=1S/C21H31NO2/c23-15-10-20-18-8-4-5-9-19(18)21(24-20)11-13-22(14-12-21)16-17-6-2-1-3-7-17/h4-5,8-9,17,20,23H,1-3,6-7,10-16H2. The van der Waals surface area contributed by atoms with Gasteiger partial charge >= 0.3 is 0 Å². The molecule has 24 heavy (non-hydrogen) atoms. The Morgan fingerprint density at radius 3 is 2.58 bits per heavy atom. The van der Waals surface area contributed by atoms with E-state index in [4.69, 9.17) is 4.74 Å². The third-order valence-corrected chi connectivity index (χ3v) is 6.46. The van der Waals surface area contributed by atoms with Gasteiger partial charge < -0.3 is 14.7 Å². The summed E-state index contributed by atoms with van der Waals surface area (Å²) in [5, 5.41) is 9.38. The molecule has 1 saturated carbocycles. The molecule has 1 atom stereocenters. The van der Waals surface area contributed by atoms with Crippen LogP contribution in [0.25, 0.3) is 0 Å². The van der Waals surface area contributed by atoms with E-state index in [1.165, 1.54) is 49.8 Å². The molecule has 1 aromatic carbocycles. The molecule has 0 aromatic heterocycles. The molecule has 2 fully saturated rings. The summed E-state index contributed by atoms with van der Waals surface area (Å²) in [5.74, 6) is 0.923. The first-order chi connectivity index (χ1) is 11.8. The minimum absolute atomic E-state index is 0.0797. The third-order valence-electron chi connectivity index (χ3n) is 6.46. The molecule has 4 rings (SSSR count). The first kappa shape index (κ1) is 16.6. The van der Waals surface area contributed by atoms with Crippen molar-refractivity contribution < 1.29 is 9.84 Å². The molecule has 1 aliphatic carbocycles. The Morgan fingerprint density at radius 2 is 1.83 bits per heavy atom. The van der Waals surface area contributed by atoms with Crippen molar-refractivity contribution in [2.24, 2.45) is 5.92 Å². The van der Waals surface area contributed by atoms with Gasteiger partial charge in [-0.05, 0) is 42.7 Å². The van der Waals surface area contributed by atoms with Gasteiger partial charge in [0.15, 0.2) is 0 Å². The lowest BCUT2D eigenvalue weighted by atomic mass is 9.82. The van der Waals surface area contributed by atoms with Crippen molar-refractivity contribution in [3.63, 3.8) is 0 Å². The predicted octanol–water partition coefficient (Wildman–Crippen LogP) is 4.01. The maximum absolute atomic E-state index is 9.38. The van der Waals surface area contributed by atoms with E-state index in [1.54, 1.807) is 0 Å². The van der Waals surface area contributed by atoms with E-state index in [0.29, 0.717) is 6.42 Å². The Morgan fingerprint density at radius 1 is 1.08 bits per heavy atom. The van der Waals surface area contributed by atoms with Crippen molar-refractivity contribution in [3.8, 4) is 0 Å². The number of aliphatic hydroxyl groups is 1. The summed E-state index contributed by atoms with van der Waals surface area (Å²) < 4.78 is 6.55. The van der Waals surface area contributed by atoms with Crippen LogP contribution in [0.5, 0.6) is 0 Å². The highest BCUT2D eigenvalue weighted by atomic mass is 16.5. The Labute approximate surface area is 146 Å². The van der Waals surface area contributed by atoms with Crippen molar-refractivity contribution in [1.29, 1.82) is 0 Å². The van der Waals surface area contributed by atoms with Gasteiger partial charge in [0.1, 0.15) is 0 Å². The van der Waals surface area contributed by atoms with Crippen LogP contribution in [-0.2, 0) is 10.3 Å². The molecule has 2 heterocycles. The van der Waals surface area contributed by atoms with Crippen LogP contribution in [0.15, 0.2) is 24.3 Å². The number of benzene rings is 1. The van der Waals surface area contributed by atoms with Gasteiger partial charge in [-0.3, -0.25) is 0 Å². The smallest absolute Gasteiger partial charge is 0.0967 e. The van der Waals surface area contributed by atoms with Crippen LogP contribution >= 0.6 is 0 Å². The Hall–Kier alpha value is -0.900. The van der Waals surface area contributed by atoms with E-state index < -0.39 is 0 Å². The fourth-order valence-corrected chi connectivity index (χ4v) is 5.14. The second kappa shape index (κ2) is 7.15. The largest absolute Gasteiger partial charge is 0.396 e. The molecule has 2 aliphatic heterocycles. The van der Waals surface area contributed by atoms with Crippen molar-refractivity contribution in [2.45, 2.75) is 63.1 Å². The lowest BCUT2D eigenvalue weighted by Crippen LogP contribution is -2.44. The molecule has 0 bridgehead atoms. The van der Waals surface area contributed by atoms with Gasteiger partial charge in [-0.2, -0.15) is 0 Å². The fraction of sp³-hybridized carbons (Fsp3) is 0.714. The summed E-state index contributed by atoms with van der Waals surface area (Å²) >= 11 is 0. The summed E-state index contributed by atoms with van der Waals surface area (Å²) in [6.07, 6.45) is 10.2. The van der Waals surface area contributed by atoms with E-state index in [0.717, 1.165) is 31.8 Å². The molecule has 3 aliphatic rings. The first-order valence-corrected chi connectivity index (χ1v) is 9.91. The van der Waals surface area contributed by atoms with Gasteiger partial charge in [0.05, 0.1) is 11.7 Å². The third kappa shape index (κ3) is 3.14. The lowest BCUT2D eigenvalue weighted by molar-refractivity contribution is -0.115. The number of hydrogen-bond acceptors (Lipinski definition) is 3. The Kier molecular flexibility index (Phi) is 4.93. The zero-order valence-corrected chi connectivity index (χ0v) is 14.8. The SMILES string of the molecule is OCCC1OC2(CCN(CC3CCCCC3)CC2)c2ccccc21. The maximum Gasteiger partial charge on any atom is 0.0967 e. The predicted molar refractivity (Wildman–Crippen MR) is 95.9 cm³/mol. The number of likely N-dealkylation sites (tertiary alicyclic amines) is 1. The highest BCUT2D eigenvalue weighted by molar-refractivity contribution is 5.38. The number of fused-ring (bicyclic) bond motifs is 2. The van der Waals surface area contributed by atoms with Crippen LogP contribution in [0, 0.1) is 5.92 Å². The van der Waals surface area contributed by atoms with E-state index in [2.05, 4.69) is 29.2 Å². The summed E-state index contributed by atoms with van der Waals surface area (Å²) in [6.45, 7) is 3.79. The van der Waals surface area contributed by atoms with Gasteiger partial charge in [-0.1, -0.05) is 43.5 Å². The average molecular weight is 329 g/mol. The van der Waals surface area contributed by atoms with Crippen LogP contribution < -0.4 is 0 Å². The molecule has 3 nitrogen and oxygen atoms in total. The van der Waals surface area contributed by atoms with Gasteiger partial charge in [-0.25, -0.2) is 0 Å². The number of piperidine rings is 1. The number of hydrogen-bond donors (Lipinski definition) is 1. The molecule has 1 saturated heterocycles. The zero-order chi connectivity index (χ0) is 16.4. The fourth-order valence-electron chi connectivity index (χ4n) is 5.14. The molecule has 1 spiro atoms.